The fraction of sp³-hybridized carbons (Fsp3) is 0.235. The molecule has 1 N–H and O–H groups in total. The maximum absolute atomic E-state index is 12.1. The first-order valence-electron chi connectivity index (χ1n) is 7.54. The van der Waals surface area contributed by atoms with Crippen molar-refractivity contribution in [2.24, 2.45) is 5.10 Å². The molecule has 0 unspecified atom stereocenters. The Balaban J connectivity index is 2.00. The quantitative estimate of drug-likeness (QED) is 0.407. The summed E-state index contributed by atoms with van der Waals surface area (Å²) in [6, 6.07) is 13.7. The van der Waals surface area contributed by atoms with Crippen molar-refractivity contribution in [1.82, 2.24) is 4.83 Å². The number of hydrogen-bond acceptors (Lipinski definition) is 4. The molecule has 0 aliphatic rings. The van der Waals surface area contributed by atoms with Gasteiger partial charge in [0.05, 0.1) is 17.7 Å². The van der Waals surface area contributed by atoms with Crippen molar-refractivity contribution in [3.05, 3.63) is 58.6 Å². The molecule has 0 heterocycles. The largest absolute Gasteiger partial charge is 0.494 e. The summed E-state index contributed by atoms with van der Waals surface area (Å²) in [5.41, 5.74) is 0.752. The third kappa shape index (κ3) is 5.65. The van der Waals surface area contributed by atoms with E-state index in [1.807, 2.05) is 24.3 Å². The van der Waals surface area contributed by atoms with E-state index in [0.717, 1.165) is 28.6 Å². The predicted octanol–water partition coefficient (Wildman–Crippen LogP) is 3.94. The molecule has 0 aromatic heterocycles. The average Bonchev–Trinajstić information content (AvgIpc) is 2.56. The Kier molecular flexibility index (Phi) is 6.81. The van der Waals surface area contributed by atoms with Crippen molar-refractivity contribution in [2.45, 2.75) is 24.7 Å². The van der Waals surface area contributed by atoms with Crippen LogP contribution in [0.2, 0.25) is 0 Å². The fourth-order valence-electron chi connectivity index (χ4n) is 1.86. The first-order chi connectivity index (χ1) is 11.5. The van der Waals surface area contributed by atoms with Crippen LogP contribution in [-0.4, -0.2) is 21.2 Å². The van der Waals surface area contributed by atoms with Gasteiger partial charge in [0.15, 0.2) is 0 Å². The summed E-state index contributed by atoms with van der Waals surface area (Å²) in [7, 11) is -3.67. The van der Waals surface area contributed by atoms with E-state index in [1.54, 1.807) is 12.1 Å². The van der Waals surface area contributed by atoms with Gasteiger partial charge in [-0.25, -0.2) is 4.83 Å². The lowest BCUT2D eigenvalue weighted by Crippen LogP contribution is -2.18. The maximum atomic E-state index is 12.1. The predicted molar refractivity (Wildman–Crippen MR) is 98.9 cm³/mol. The molecule has 0 saturated carbocycles. The summed E-state index contributed by atoms with van der Waals surface area (Å²) in [6.07, 6.45) is 3.51. The molecule has 7 heteroatoms. The number of nitrogens with zero attached hydrogens (tertiary/aromatic N) is 1. The van der Waals surface area contributed by atoms with Crippen LogP contribution in [0.15, 0.2) is 63.0 Å². The normalized spacial score (nSPS) is 11.6. The summed E-state index contributed by atoms with van der Waals surface area (Å²) >= 11 is 3.27. The minimum Gasteiger partial charge on any atom is -0.494 e. The minimum atomic E-state index is -3.67. The van der Waals surface area contributed by atoms with Crippen molar-refractivity contribution in [1.29, 1.82) is 0 Å². The Morgan fingerprint density at radius 1 is 1.21 bits per heavy atom. The number of hydrogen-bond donors (Lipinski definition) is 1. The molecule has 0 saturated heterocycles. The summed E-state index contributed by atoms with van der Waals surface area (Å²) in [6.45, 7) is 2.76. The highest BCUT2D eigenvalue weighted by Gasteiger charge is 2.11. The van der Waals surface area contributed by atoms with Gasteiger partial charge in [-0.2, -0.15) is 13.5 Å². The molecule has 128 valence electrons. The van der Waals surface area contributed by atoms with Gasteiger partial charge in [-0.15, -0.1) is 0 Å². The maximum Gasteiger partial charge on any atom is 0.276 e. The molecule has 0 aliphatic carbocycles. The molecule has 0 fully saturated rings. The van der Waals surface area contributed by atoms with Gasteiger partial charge in [-0.1, -0.05) is 41.4 Å². The van der Waals surface area contributed by atoms with Gasteiger partial charge in [0.1, 0.15) is 5.75 Å². The van der Waals surface area contributed by atoms with Gasteiger partial charge < -0.3 is 4.74 Å². The highest BCUT2D eigenvalue weighted by atomic mass is 79.9. The van der Waals surface area contributed by atoms with Crippen LogP contribution >= 0.6 is 15.9 Å². The van der Waals surface area contributed by atoms with Crippen LogP contribution in [0.3, 0.4) is 0 Å². The second-order valence-corrected chi connectivity index (χ2v) is 7.66. The molecule has 24 heavy (non-hydrogen) atoms. The Bertz CT molecular complexity index is 790. The van der Waals surface area contributed by atoms with Crippen molar-refractivity contribution in [3.63, 3.8) is 0 Å². The Hall–Kier alpha value is -1.86. The molecule has 0 spiro atoms. The molecular weight excluding hydrogens is 392 g/mol. The van der Waals surface area contributed by atoms with E-state index in [9.17, 15) is 8.42 Å². The zero-order valence-electron chi connectivity index (χ0n) is 13.3. The zero-order valence-corrected chi connectivity index (χ0v) is 15.7. The van der Waals surface area contributed by atoms with Crippen LogP contribution in [0.4, 0.5) is 0 Å². The first-order valence-corrected chi connectivity index (χ1v) is 9.82. The number of ether oxygens (including phenoxy) is 1. The van der Waals surface area contributed by atoms with E-state index in [-0.39, 0.29) is 4.90 Å². The molecule has 5 nitrogen and oxygen atoms in total. The lowest BCUT2D eigenvalue weighted by Gasteiger charge is -2.06. The molecule has 2 aromatic carbocycles. The third-order valence-electron chi connectivity index (χ3n) is 3.14. The lowest BCUT2D eigenvalue weighted by atomic mass is 10.2. The van der Waals surface area contributed by atoms with Gasteiger partial charge in [-0.05, 0) is 48.4 Å². The fourth-order valence-corrected chi connectivity index (χ4v) is 2.91. The Morgan fingerprint density at radius 3 is 2.67 bits per heavy atom. The summed E-state index contributed by atoms with van der Waals surface area (Å²) < 4.78 is 30.6. The summed E-state index contributed by atoms with van der Waals surface area (Å²) in [5, 5.41) is 3.82. The summed E-state index contributed by atoms with van der Waals surface area (Å²) in [5.74, 6) is 0.739. The number of sulfonamides is 1. The monoisotopic (exact) mass is 410 g/mol. The van der Waals surface area contributed by atoms with Crippen LogP contribution < -0.4 is 9.57 Å². The number of rotatable bonds is 8. The Morgan fingerprint density at radius 2 is 1.96 bits per heavy atom. The van der Waals surface area contributed by atoms with E-state index < -0.39 is 10.0 Å². The molecular formula is C17H19BrN2O3S. The third-order valence-corrected chi connectivity index (χ3v) is 4.90. The molecule has 0 aliphatic heterocycles. The van der Waals surface area contributed by atoms with Crippen LogP contribution in [0, 0.1) is 0 Å². The van der Waals surface area contributed by atoms with Crippen molar-refractivity contribution < 1.29 is 13.2 Å². The second-order valence-electron chi connectivity index (χ2n) is 5.08. The van der Waals surface area contributed by atoms with Gasteiger partial charge in [0.25, 0.3) is 10.0 Å². The van der Waals surface area contributed by atoms with E-state index in [2.05, 4.69) is 32.8 Å². The highest BCUT2D eigenvalue weighted by Crippen LogP contribution is 2.15. The Labute approximate surface area is 150 Å². The van der Waals surface area contributed by atoms with Crippen molar-refractivity contribution in [2.75, 3.05) is 6.61 Å². The number of halogens is 1. The standard InChI is InChI=1S/C17H19BrN2O3S/c1-2-3-11-23-16-6-4-5-14(12-16)13-19-20-24(21,22)17-9-7-15(18)8-10-17/h4-10,12-13,20H,2-3,11H2,1H3/b19-13+. The molecule has 2 rings (SSSR count). The molecule has 2 aromatic rings. The van der Waals surface area contributed by atoms with Crippen LogP contribution in [0.1, 0.15) is 25.3 Å². The lowest BCUT2D eigenvalue weighted by molar-refractivity contribution is 0.309. The van der Waals surface area contributed by atoms with E-state index >= 15 is 0 Å². The minimum absolute atomic E-state index is 0.152. The van der Waals surface area contributed by atoms with E-state index in [0.29, 0.717) is 6.61 Å². The van der Waals surface area contributed by atoms with Crippen LogP contribution in [0.5, 0.6) is 5.75 Å². The van der Waals surface area contributed by atoms with Gasteiger partial charge in [0, 0.05) is 4.47 Å². The highest BCUT2D eigenvalue weighted by molar-refractivity contribution is 9.10. The molecule has 0 bridgehead atoms. The zero-order chi connectivity index (χ0) is 17.4. The van der Waals surface area contributed by atoms with Crippen LogP contribution in [-0.2, 0) is 10.0 Å². The van der Waals surface area contributed by atoms with Gasteiger partial charge >= 0.3 is 0 Å². The average molecular weight is 411 g/mol. The van der Waals surface area contributed by atoms with Crippen molar-refractivity contribution in [3.8, 4) is 5.75 Å². The number of unbranched alkanes of at least 4 members (excludes halogenated alkanes) is 1. The van der Waals surface area contributed by atoms with Crippen LogP contribution in [0.25, 0.3) is 0 Å². The number of hydrazone groups is 1. The van der Waals surface area contributed by atoms with Crippen molar-refractivity contribution >= 4 is 32.2 Å². The second kappa shape index (κ2) is 8.84. The van der Waals surface area contributed by atoms with E-state index in [4.69, 9.17) is 4.74 Å². The summed E-state index contributed by atoms with van der Waals surface area (Å²) in [4.78, 5) is 2.35. The van der Waals surface area contributed by atoms with E-state index in [1.165, 1.54) is 18.3 Å². The van der Waals surface area contributed by atoms with Gasteiger partial charge in [-0.3, -0.25) is 0 Å². The molecule has 0 atom stereocenters. The number of nitrogens with one attached hydrogen (secondary N) is 1. The van der Waals surface area contributed by atoms with Gasteiger partial charge in [0.2, 0.25) is 0 Å². The molecule has 0 radical (unpaired) electrons. The molecule has 0 amide bonds. The SMILES string of the molecule is CCCCOc1cccc(/C=N/NS(=O)(=O)c2ccc(Br)cc2)c1. The number of benzene rings is 2. The first kappa shape index (κ1) is 18.5. The topological polar surface area (TPSA) is 67.8 Å². The smallest absolute Gasteiger partial charge is 0.276 e.